The standard InChI is InChI=1S/C52H32N2.C48H30N2/c1-3-13-37-29-39(27-21-33(37)11-1)46-31-48-47(40-28-22-34-12-2-4-14-38(34)30-40)32-50(54-52(48)45-19-8-6-16-42(45)46)35-23-25-36(26-24-35)51-44-18-7-5-15-41(44)43-17-9-10-20-49(43)53-51;1-3-12-36-27-38(23-17-31(36)9-1)42-29-44-43(39-24-18-32-10-2-4-13-37(32)28-39)30-47(50-48(44)41-15-7-6-14-40(41)42)35-21-19-34(20-22-35)46-26-25-33-11-5-8-16-45(33)49-46/h1-32H;1-30H. The van der Waals surface area contributed by atoms with Gasteiger partial charge in [-0.15, -0.1) is 0 Å². The largest absolute Gasteiger partial charge is 0.248 e. The minimum Gasteiger partial charge on any atom is -0.248 e. The first-order valence-corrected chi connectivity index (χ1v) is 35.5. The predicted molar refractivity (Wildman–Crippen MR) is 440 cm³/mol. The lowest BCUT2D eigenvalue weighted by Crippen LogP contribution is -1.94. The van der Waals surface area contributed by atoms with E-state index in [0.29, 0.717) is 0 Å². The van der Waals surface area contributed by atoms with Crippen LogP contribution in [0.1, 0.15) is 0 Å². The molecule has 0 bridgehead atoms. The van der Waals surface area contributed by atoms with Gasteiger partial charge in [0, 0.05) is 60.0 Å². The molecule has 4 heteroatoms. The summed E-state index contributed by atoms with van der Waals surface area (Å²) >= 11 is 0. The average molecular weight is 1320 g/mol. The third-order valence-corrected chi connectivity index (χ3v) is 21.0. The molecular formula is C100H62N4. The molecule has 0 aliphatic heterocycles. The van der Waals surface area contributed by atoms with E-state index in [1.54, 1.807) is 0 Å². The molecule has 0 atom stereocenters. The molecular weight excluding hydrogens is 1260 g/mol. The zero-order chi connectivity index (χ0) is 68.6. The zero-order valence-corrected chi connectivity index (χ0v) is 56.6. The van der Waals surface area contributed by atoms with Crippen molar-refractivity contribution in [1.29, 1.82) is 0 Å². The molecule has 4 heterocycles. The lowest BCUT2D eigenvalue weighted by atomic mass is 9.90. The molecule has 0 fully saturated rings. The van der Waals surface area contributed by atoms with Crippen LogP contribution in [-0.2, 0) is 0 Å². The smallest absolute Gasteiger partial charge is 0.0794 e. The monoisotopic (exact) mass is 1320 g/mol. The first kappa shape index (κ1) is 60.2. The van der Waals surface area contributed by atoms with Gasteiger partial charge in [-0.3, -0.25) is 0 Å². The third kappa shape index (κ3) is 10.7. The second kappa shape index (κ2) is 25.1. The minimum atomic E-state index is 0.942. The van der Waals surface area contributed by atoms with Gasteiger partial charge in [-0.1, -0.05) is 309 Å². The number of benzene rings is 17. The van der Waals surface area contributed by atoms with Gasteiger partial charge in [0.2, 0.25) is 0 Å². The van der Waals surface area contributed by atoms with Gasteiger partial charge < -0.3 is 0 Å². The van der Waals surface area contributed by atoms with E-state index in [-0.39, 0.29) is 0 Å². The molecule has 17 aromatic carbocycles. The maximum atomic E-state index is 5.48. The Labute approximate surface area is 600 Å². The second-order valence-corrected chi connectivity index (χ2v) is 27.2. The molecule has 21 aromatic rings. The van der Waals surface area contributed by atoms with Crippen LogP contribution in [0.2, 0.25) is 0 Å². The molecule has 0 amide bonds. The number of fused-ring (bicyclic) bond motifs is 14. The minimum absolute atomic E-state index is 0.942. The van der Waals surface area contributed by atoms with Crippen molar-refractivity contribution in [1.82, 2.24) is 19.9 Å². The van der Waals surface area contributed by atoms with Crippen molar-refractivity contribution in [2.45, 2.75) is 0 Å². The van der Waals surface area contributed by atoms with E-state index in [1.807, 2.05) is 6.07 Å². The summed E-state index contributed by atoms with van der Waals surface area (Å²) in [6.45, 7) is 0. The molecule has 482 valence electrons. The molecule has 0 saturated heterocycles. The normalized spacial score (nSPS) is 11.7. The molecule has 0 saturated carbocycles. The summed E-state index contributed by atoms with van der Waals surface area (Å²) in [6.07, 6.45) is 0. The zero-order valence-electron chi connectivity index (χ0n) is 56.6. The molecule has 0 unspecified atom stereocenters. The molecule has 4 aromatic heterocycles. The summed E-state index contributed by atoms with van der Waals surface area (Å²) in [5, 5.41) is 21.5. The van der Waals surface area contributed by atoms with E-state index >= 15 is 0 Å². The Morgan fingerprint density at radius 1 is 0.144 bits per heavy atom. The molecule has 21 rings (SSSR count). The summed E-state index contributed by atoms with van der Waals surface area (Å²) in [5.74, 6) is 0. The number of hydrogen-bond donors (Lipinski definition) is 0. The van der Waals surface area contributed by atoms with Gasteiger partial charge in [-0.2, -0.15) is 0 Å². The lowest BCUT2D eigenvalue weighted by molar-refractivity contribution is 1.38. The van der Waals surface area contributed by atoms with Crippen molar-refractivity contribution in [3.8, 4) is 89.5 Å². The maximum absolute atomic E-state index is 5.48. The maximum Gasteiger partial charge on any atom is 0.0794 e. The summed E-state index contributed by atoms with van der Waals surface area (Å²) in [7, 11) is 0. The van der Waals surface area contributed by atoms with E-state index in [0.717, 1.165) is 99.4 Å². The van der Waals surface area contributed by atoms with Crippen LogP contribution in [0, 0.1) is 0 Å². The number of rotatable bonds is 8. The Hall–Kier alpha value is -13.8. The van der Waals surface area contributed by atoms with E-state index in [9.17, 15) is 0 Å². The van der Waals surface area contributed by atoms with Crippen LogP contribution in [-0.4, -0.2) is 19.9 Å². The SMILES string of the molecule is c1ccc2cc(-c3cc4c(-c5ccc6ccccc6c5)cc(-c5ccc(-c6ccc7ccccc7n6)cc5)nc4c4ccccc34)ccc2c1.c1ccc2cc(-c3cc4c(-c5ccc6ccccc6c5)cc(-c5ccc(-c6nc7ccccc7c7ccccc67)cc5)nc4c4ccccc34)ccc2c1. The number of aromatic nitrogens is 4. The Morgan fingerprint density at radius 3 is 0.894 bits per heavy atom. The van der Waals surface area contributed by atoms with Gasteiger partial charge in [0.1, 0.15) is 0 Å². The van der Waals surface area contributed by atoms with Gasteiger partial charge in [-0.25, -0.2) is 19.9 Å². The molecule has 0 spiro atoms. The van der Waals surface area contributed by atoms with Crippen LogP contribution in [0.4, 0.5) is 0 Å². The number of nitrogens with zero attached hydrogens (tertiary/aromatic N) is 4. The quantitative estimate of drug-likeness (QED) is 0.142. The predicted octanol–water partition coefficient (Wildman–Crippen LogP) is 27.0. The van der Waals surface area contributed by atoms with E-state index < -0.39 is 0 Å². The summed E-state index contributed by atoms with van der Waals surface area (Å²) in [4.78, 5) is 21.0. The van der Waals surface area contributed by atoms with E-state index in [2.05, 4.69) is 370 Å². The fraction of sp³-hybridized carbons (Fsp3) is 0. The fourth-order valence-corrected chi connectivity index (χ4v) is 15.7. The Balaban J connectivity index is 0.000000139. The first-order valence-electron chi connectivity index (χ1n) is 35.5. The molecule has 104 heavy (non-hydrogen) atoms. The van der Waals surface area contributed by atoms with Crippen LogP contribution in [0.25, 0.3) is 209 Å². The number of hydrogen-bond acceptors (Lipinski definition) is 4. The van der Waals surface area contributed by atoms with Crippen molar-refractivity contribution in [3.63, 3.8) is 0 Å². The Bertz CT molecular complexity index is 7040. The van der Waals surface area contributed by atoms with Crippen molar-refractivity contribution in [2.24, 2.45) is 0 Å². The van der Waals surface area contributed by atoms with Gasteiger partial charge in [0.25, 0.3) is 0 Å². The summed E-state index contributed by atoms with van der Waals surface area (Å²) in [6, 6.07) is 135. The van der Waals surface area contributed by atoms with Crippen LogP contribution >= 0.6 is 0 Å². The Morgan fingerprint density at radius 2 is 0.452 bits per heavy atom. The van der Waals surface area contributed by atoms with Gasteiger partial charge in [-0.05, 0) is 170 Å². The van der Waals surface area contributed by atoms with Crippen molar-refractivity contribution >= 4 is 119 Å². The fourth-order valence-electron chi connectivity index (χ4n) is 15.7. The van der Waals surface area contributed by atoms with E-state index in [1.165, 1.54) is 109 Å². The highest BCUT2D eigenvalue weighted by molar-refractivity contribution is 6.19. The highest BCUT2D eigenvalue weighted by Gasteiger charge is 2.21. The topological polar surface area (TPSA) is 51.6 Å². The molecule has 0 aliphatic rings. The van der Waals surface area contributed by atoms with Gasteiger partial charge in [0.05, 0.1) is 44.8 Å². The second-order valence-electron chi connectivity index (χ2n) is 27.2. The van der Waals surface area contributed by atoms with E-state index in [4.69, 9.17) is 19.9 Å². The van der Waals surface area contributed by atoms with Crippen LogP contribution < -0.4 is 0 Å². The lowest BCUT2D eigenvalue weighted by Gasteiger charge is -2.16. The van der Waals surface area contributed by atoms with Gasteiger partial charge >= 0.3 is 0 Å². The van der Waals surface area contributed by atoms with Crippen LogP contribution in [0.15, 0.2) is 376 Å². The first-order chi connectivity index (χ1) is 51.5. The summed E-state index contributed by atoms with van der Waals surface area (Å²) < 4.78 is 0. The molecule has 0 N–H and O–H groups in total. The van der Waals surface area contributed by atoms with Crippen molar-refractivity contribution in [2.75, 3.05) is 0 Å². The third-order valence-electron chi connectivity index (χ3n) is 21.0. The molecule has 0 radical (unpaired) electrons. The molecule has 4 nitrogen and oxygen atoms in total. The van der Waals surface area contributed by atoms with Crippen LogP contribution in [0.3, 0.4) is 0 Å². The number of pyridine rings is 4. The van der Waals surface area contributed by atoms with Gasteiger partial charge in [0.15, 0.2) is 0 Å². The highest BCUT2D eigenvalue weighted by Crippen LogP contribution is 2.45. The van der Waals surface area contributed by atoms with Crippen molar-refractivity contribution < 1.29 is 0 Å². The van der Waals surface area contributed by atoms with Crippen LogP contribution in [0.5, 0.6) is 0 Å². The molecule has 0 aliphatic carbocycles. The van der Waals surface area contributed by atoms with Crippen molar-refractivity contribution in [3.05, 3.63) is 376 Å². The summed E-state index contributed by atoms with van der Waals surface area (Å²) in [5.41, 5.74) is 21.7. The highest BCUT2D eigenvalue weighted by atomic mass is 14.7. The number of para-hydroxylation sites is 2. The Kier molecular flexibility index (Phi) is 14.5. The average Bonchev–Trinajstić information content (AvgIpc) is 0.740.